The Morgan fingerprint density at radius 1 is 1.32 bits per heavy atom. The maximum atomic E-state index is 12.6. The van der Waals surface area contributed by atoms with E-state index in [1.807, 2.05) is 13.8 Å². The number of nitrogens with one attached hydrogen (secondary N) is 1. The highest BCUT2D eigenvalue weighted by atomic mass is 32.1. The number of carbonyl (C=O) groups excluding carboxylic acids is 1. The number of amides is 1. The van der Waals surface area contributed by atoms with Gasteiger partial charge in [0.05, 0.1) is 0 Å². The van der Waals surface area contributed by atoms with Crippen LogP contribution in [0.4, 0.5) is 5.13 Å². The van der Waals surface area contributed by atoms with Crippen molar-refractivity contribution in [2.24, 2.45) is 0 Å². The summed E-state index contributed by atoms with van der Waals surface area (Å²) in [4.78, 5) is 37.9. The second-order valence-corrected chi connectivity index (χ2v) is 7.45. The fraction of sp³-hybridized carbons (Fsp3) is 0.625. The predicted molar refractivity (Wildman–Crippen MR) is 99.3 cm³/mol. The minimum atomic E-state index is -0.208. The first kappa shape index (κ1) is 17.8. The Hall–Kier alpha value is -2.00. The number of likely N-dealkylation sites (N-methyl/N-ethyl adjacent to an activating group) is 1. The number of hydrogen-bond donors (Lipinski definition) is 1. The van der Waals surface area contributed by atoms with Crippen molar-refractivity contribution in [3.63, 3.8) is 0 Å². The third-order valence-corrected chi connectivity index (χ3v) is 5.32. The summed E-state index contributed by atoms with van der Waals surface area (Å²) in [7, 11) is 0. The molecule has 1 aliphatic rings. The van der Waals surface area contributed by atoms with Crippen LogP contribution in [0.3, 0.4) is 0 Å². The highest BCUT2D eigenvalue weighted by Crippen LogP contribution is 2.26. The third-order valence-electron chi connectivity index (χ3n) is 4.23. The lowest BCUT2D eigenvalue weighted by Gasteiger charge is -2.33. The molecule has 0 bridgehead atoms. The quantitative estimate of drug-likeness (QED) is 0.833. The van der Waals surface area contributed by atoms with Crippen molar-refractivity contribution in [2.75, 3.05) is 37.6 Å². The van der Waals surface area contributed by atoms with Gasteiger partial charge in [-0.25, -0.2) is 4.98 Å². The van der Waals surface area contributed by atoms with E-state index >= 15 is 0 Å². The number of anilines is 1. The Kier molecular flexibility index (Phi) is 5.33. The molecule has 1 N–H and O–H groups in total. The molecule has 3 rings (SSSR count). The van der Waals surface area contributed by atoms with E-state index in [0.717, 1.165) is 37.9 Å². The summed E-state index contributed by atoms with van der Waals surface area (Å²) in [5, 5.41) is 3.61. The van der Waals surface area contributed by atoms with Crippen molar-refractivity contribution in [3.05, 3.63) is 16.7 Å². The molecule has 1 saturated heterocycles. The predicted octanol–water partition coefficient (Wildman–Crippen LogP) is 0.520. The number of rotatable bonds is 5. The number of piperazine rings is 1. The summed E-state index contributed by atoms with van der Waals surface area (Å²) in [6.45, 7) is 10.8. The first-order valence-corrected chi connectivity index (χ1v) is 9.42. The van der Waals surface area contributed by atoms with Crippen molar-refractivity contribution >= 4 is 32.7 Å². The average Bonchev–Trinajstić information content (AvgIpc) is 3.02. The average molecular weight is 364 g/mol. The molecule has 136 valence electrons. The molecule has 0 aliphatic carbocycles. The van der Waals surface area contributed by atoms with E-state index in [4.69, 9.17) is 0 Å². The maximum absolute atomic E-state index is 12.6. The van der Waals surface area contributed by atoms with E-state index in [1.54, 1.807) is 0 Å². The van der Waals surface area contributed by atoms with Gasteiger partial charge in [0.1, 0.15) is 17.6 Å². The maximum Gasteiger partial charge on any atom is 0.273 e. The van der Waals surface area contributed by atoms with Crippen LogP contribution in [0.2, 0.25) is 0 Å². The molecule has 0 aromatic carbocycles. The molecule has 1 amide bonds. The fourth-order valence-electron chi connectivity index (χ4n) is 2.86. The van der Waals surface area contributed by atoms with Crippen LogP contribution in [0.5, 0.6) is 0 Å². The van der Waals surface area contributed by atoms with Gasteiger partial charge < -0.3 is 15.1 Å². The Morgan fingerprint density at radius 3 is 2.68 bits per heavy atom. The smallest absolute Gasteiger partial charge is 0.273 e. The van der Waals surface area contributed by atoms with Crippen molar-refractivity contribution in [2.45, 2.75) is 33.4 Å². The van der Waals surface area contributed by atoms with Crippen LogP contribution < -0.4 is 15.8 Å². The molecule has 1 aliphatic heterocycles. The topological polar surface area (TPSA) is 83.4 Å². The van der Waals surface area contributed by atoms with E-state index in [0.29, 0.717) is 10.3 Å². The molecule has 8 nitrogen and oxygen atoms in total. The Bertz CT molecular complexity index is 807. The highest BCUT2D eigenvalue weighted by Gasteiger charge is 2.20. The Morgan fingerprint density at radius 2 is 2.04 bits per heavy atom. The largest absolute Gasteiger partial charge is 0.352 e. The lowest BCUT2D eigenvalue weighted by atomic mass is 10.3. The number of hydrogen-bond acceptors (Lipinski definition) is 7. The van der Waals surface area contributed by atoms with Crippen molar-refractivity contribution in [3.8, 4) is 0 Å². The molecule has 3 heterocycles. The summed E-state index contributed by atoms with van der Waals surface area (Å²) in [5.74, 6) is -0.196. The zero-order chi connectivity index (χ0) is 18.0. The summed E-state index contributed by atoms with van der Waals surface area (Å²) >= 11 is 1.36. The van der Waals surface area contributed by atoms with Crippen LogP contribution in [0.1, 0.15) is 20.8 Å². The summed E-state index contributed by atoms with van der Waals surface area (Å²) < 4.78 is 1.85. The summed E-state index contributed by atoms with van der Waals surface area (Å²) in [6.07, 6.45) is 1.41. The monoisotopic (exact) mass is 364 g/mol. The van der Waals surface area contributed by atoms with Crippen molar-refractivity contribution in [1.29, 1.82) is 0 Å². The Balaban J connectivity index is 1.80. The zero-order valence-electron chi connectivity index (χ0n) is 14.9. The molecule has 0 radical (unpaired) electrons. The van der Waals surface area contributed by atoms with Gasteiger partial charge >= 0.3 is 0 Å². The molecule has 0 spiro atoms. The Labute approximate surface area is 150 Å². The number of thiazole rings is 1. The third kappa shape index (κ3) is 3.98. The van der Waals surface area contributed by atoms with E-state index in [2.05, 4.69) is 32.0 Å². The molecule has 0 atom stereocenters. The van der Waals surface area contributed by atoms with Crippen LogP contribution >= 0.6 is 11.3 Å². The summed E-state index contributed by atoms with van der Waals surface area (Å²) in [6, 6.07) is 0.0386. The lowest BCUT2D eigenvalue weighted by molar-refractivity contribution is -0.122. The van der Waals surface area contributed by atoms with Crippen LogP contribution in [-0.4, -0.2) is 64.1 Å². The van der Waals surface area contributed by atoms with Gasteiger partial charge in [-0.3, -0.25) is 14.2 Å². The molecular formula is C16H24N6O2S. The van der Waals surface area contributed by atoms with Crippen LogP contribution in [0, 0.1) is 0 Å². The van der Waals surface area contributed by atoms with Gasteiger partial charge in [0, 0.05) is 32.2 Å². The van der Waals surface area contributed by atoms with Crippen LogP contribution in [0.15, 0.2) is 11.1 Å². The standard InChI is InChI=1S/C16H24N6O2S/c1-4-20-5-7-21(8-6-20)16-19-14-13(25-16)15(24)22(10-17-14)9-12(23)18-11(2)3/h10-11H,4-9H2,1-3H3,(H,18,23). The van der Waals surface area contributed by atoms with Gasteiger partial charge in [-0.15, -0.1) is 0 Å². The molecule has 2 aromatic heterocycles. The van der Waals surface area contributed by atoms with E-state index < -0.39 is 0 Å². The molecular weight excluding hydrogens is 340 g/mol. The van der Waals surface area contributed by atoms with Gasteiger partial charge in [0.2, 0.25) is 5.91 Å². The lowest BCUT2D eigenvalue weighted by Crippen LogP contribution is -2.46. The second kappa shape index (κ2) is 7.49. The number of fused-ring (bicyclic) bond motifs is 1. The van der Waals surface area contributed by atoms with E-state index in [1.165, 1.54) is 22.2 Å². The van der Waals surface area contributed by atoms with Crippen LogP contribution in [-0.2, 0) is 11.3 Å². The van der Waals surface area contributed by atoms with E-state index in [9.17, 15) is 9.59 Å². The first-order chi connectivity index (χ1) is 12.0. The minimum absolute atomic E-state index is 0.0254. The van der Waals surface area contributed by atoms with Gasteiger partial charge in [0.15, 0.2) is 10.8 Å². The normalized spacial score (nSPS) is 15.9. The molecule has 0 saturated carbocycles. The van der Waals surface area contributed by atoms with Gasteiger partial charge in [-0.2, -0.15) is 4.98 Å². The van der Waals surface area contributed by atoms with Crippen LogP contribution in [0.25, 0.3) is 10.3 Å². The van der Waals surface area contributed by atoms with E-state index in [-0.39, 0.29) is 24.1 Å². The zero-order valence-corrected chi connectivity index (χ0v) is 15.7. The van der Waals surface area contributed by atoms with Crippen molar-refractivity contribution < 1.29 is 4.79 Å². The highest BCUT2D eigenvalue weighted by molar-refractivity contribution is 7.22. The van der Waals surface area contributed by atoms with Gasteiger partial charge in [0.25, 0.3) is 5.56 Å². The molecule has 1 fully saturated rings. The molecule has 9 heteroatoms. The minimum Gasteiger partial charge on any atom is -0.352 e. The fourth-order valence-corrected chi connectivity index (χ4v) is 3.88. The molecule has 2 aromatic rings. The molecule has 25 heavy (non-hydrogen) atoms. The second-order valence-electron chi connectivity index (χ2n) is 6.47. The number of aromatic nitrogens is 3. The number of nitrogens with zero attached hydrogens (tertiary/aromatic N) is 5. The summed E-state index contributed by atoms with van der Waals surface area (Å²) in [5.41, 5.74) is 0.253. The SMILES string of the molecule is CCN1CCN(c2nc3ncn(CC(=O)NC(C)C)c(=O)c3s2)CC1. The first-order valence-electron chi connectivity index (χ1n) is 8.60. The molecule has 0 unspecified atom stereocenters. The number of carbonyl (C=O) groups is 1. The van der Waals surface area contributed by atoms with Crippen molar-refractivity contribution in [1.82, 2.24) is 24.8 Å². The van der Waals surface area contributed by atoms with Gasteiger partial charge in [-0.1, -0.05) is 18.3 Å². The van der Waals surface area contributed by atoms with Gasteiger partial charge in [-0.05, 0) is 20.4 Å².